The molecule has 0 heterocycles. The molecule has 98 valence electrons. The summed E-state index contributed by atoms with van der Waals surface area (Å²) in [5.74, 6) is -6.92. The molecule has 0 radical (unpaired) electrons. The first-order valence-corrected chi connectivity index (χ1v) is 4.75. The molecule has 7 heteroatoms. The molecule has 0 saturated carbocycles. The van der Waals surface area contributed by atoms with Gasteiger partial charge in [-0.3, -0.25) is 0 Å². The number of halogens is 6. The third-order valence-corrected chi connectivity index (χ3v) is 2.49. The maximum Gasteiger partial charge on any atom is 0.456 e. The highest BCUT2D eigenvalue weighted by Gasteiger charge is 2.71. The summed E-state index contributed by atoms with van der Waals surface area (Å²) in [4.78, 5) is 0. The van der Waals surface area contributed by atoms with Crippen molar-refractivity contribution < 1.29 is 31.4 Å². The van der Waals surface area contributed by atoms with Crippen molar-refractivity contribution in [1.82, 2.24) is 0 Å². The number of aliphatic hydroxyl groups excluding tert-OH is 1. The minimum atomic E-state index is -5.93. The van der Waals surface area contributed by atoms with Crippen LogP contribution in [0.15, 0.2) is 0 Å². The van der Waals surface area contributed by atoms with Gasteiger partial charge in [-0.05, 0) is 18.8 Å². The Morgan fingerprint density at radius 1 is 1.00 bits per heavy atom. The van der Waals surface area contributed by atoms with Gasteiger partial charge in [0.05, 0.1) is 0 Å². The van der Waals surface area contributed by atoms with E-state index in [1.165, 1.54) is 0 Å². The normalized spacial score (nSPS) is 17.6. The van der Waals surface area contributed by atoms with Crippen LogP contribution in [0.2, 0.25) is 0 Å². The average Bonchev–Trinajstić information content (AvgIpc) is 2.11. The van der Waals surface area contributed by atoms with Crippen LogP contribution in [-0.2, 0) is 0 Å². The van der Waals surface area contributed by atoms with Gasteiger partial charge in [0.15, 0.2) is 5.67 Å². The first kappa shape index (κ1) is 15.5. The first-order valence-electron chi connectivity index (χ1n) is 4.75. The lowest BCUT2D eigenvalue weighted by atomic mass is 9.81. The van der Waals surface area contributed by atoms with Crippen LogP contribution in [-0.4, -0.2) is 29.5 Å². The molecule has 0 spiro atoms. The van der Waals surface area contributed by atoms with E-state index >= 15 is 0 Å². The zero-order valence-corrected chi connectivity index (χ0v) is 8.91. The Morgan fingerprint density at radius 2 is 1.44 bits per heavy atom. The predicted molar refractivity (Wildman–Crippen MR) is 46.0 cm³/mol. The standard InChI is InChI=1S/C9H14F6O/c1-6(2)7(10,4-3-5-16)8(11,12)9(13,14)15/h6,16H,3-5H2,1-2H3. The second kappa shape index (κ2) is 4.81. The molecule has 0 aliphatic rings. The molecule has 16 heavy (non-hydrogen) atoms. The van der Waals surface area contributed by atoms with Crippen LogP contribution >= 0.6 is 0 Å². The maximum absolute atomic E-state index is 13.8. The molecule has 0 fully saturated rings. The van der Waals surface area contributed by atoms with E-state index in [0.29, 0.717) is 0 Å². The fourth-order valence-corrected chi connectivity index (χ4v) is 1.38. The van der Waals surface area contributed by atoms with Crippen molar-refractivity contribution >= 4 is 0 Å². The lowest BCUT2D eigenvalue weighted by Crippen LogP contribution is -2.57. The highest BCUT2D eigenvalue weighted by Crippen LogP contribution is 2.50. The van der Waals surface area contributed by atoms with Gasteiger partial charge in [0.1, 0.15) is 0 Å². The van der Waals surface area contributed by atoms with Gasteiger partial charge in [-0.15, -0.1) is 0 Å². The molecule has 0 rings (SSSR count). The van der Waals surface area contributed by atoms with Crippen LogP contribution in [0, 0.1) is 5.92 Å². The van der Waals surface area contributed by atoms with E-state index in [-0.39, 0.29) is 0 Å². The Morgan fingerprint density at radius 3 is 1.69 bits per heavy atom. The summed E-state index contributed by atoms with van der Waals surface area (Å²) in [6.45, 7) is 1.28. The fraction of sp³-hybridized carbons (Fsp3) is 1.00. The highest BCUT2D eigenvalue weighted by atomic mass is 19.4. The van der Waals surface area contributed by atoms with E-state index in [9.17, 15) is 26.3 Å². The van der Waals surface area contributed by atoms with Crippen LogP contribution in [0.3, 0.4) is 0 Å². The highest BCUT2D eigenvalue weighted by molar-refractivity contribution is 5.00. The summed E-state index contributed by atoms with van der Waals surface area (Å²) < 4.78 is 75.9. The Kier molecular flexibility index (Phi) is 4.67. The van der Waals surface area contributed by atoms with Gasteiger partial charge < -0.3 is 5.11 Å². The Bertz CT molecular complexity index is 225. The van der Waals surface area contributed by atoms with Gasteiger partial charge in [0.25, 0.3) is 0 Å². The quantitative estimate of drug-likeness (QED) is 0.744. The molecule has 0 aromatic rings. The molecule has 1 atom stereocenters. The number of aliphatic hydroxyl groups is 1. The molecular weight excluding hydrogens is 238 g/mol. The first-order chi connectivity index (χ1) is 7.00. The van der Waals surface area contributed by atoms with E-state index in [4.69, 9.17) is 5.11 Å². The lowest BCUT2D eigenvalue weighted by molar-refractivity contribution is -0.336. The van der Waals surface area contributed by atoms with Crippen LogP contribution in [0.4, 0.5) is 26.3 Å². The fourth-order valence-electron chi connectivity index (χ4n) is 1.38. The molecule has 0 aromatic heterocycles. The molecule has 1 unspecified atom stereocenters. The molecule has 1 nitrogen and oxygen atoms in total. The Labute approximate surface area is 89.4 Å². The Hall–Kier alpha value is -0.460. The summed E-state index contributed by atoms with van der Waals surface area (Å²) in [6, 6.07) is 0. The Balaban J connectivity index is 5.18. The second-order valence-electron chi connectivity index (χ2n) is 3.92. The summed E-state index contributed by atoms with van der Waals surface area (Å²) in [5, 5.41) is 8.39. The van der Waals surface area contributed by atoms with Crippen LogP contribution in [0.1, 0.15) is 26.7 Å². The largest absolute Gasteiger partial charge is 0.456 e. The van der Waals surface area contributed by atoms with Crippen LogP contribution < -0.4 is 0 Å². The van der Waals surface area contributed by atoms with Gasteiger partial charge >= 0.3 is 12.1 Å². The molecule has 0 bridgehead atoms. The lowest BCUT2D eigenvalue weighted by Gasteiger charge is -2.37. The van der Waals surface area contributed by atoms with Crippen molar-refractivity contribution in [2.45, 2.75) is 44.5 Å². The maximum atomic E-state index is 13.8. The molecular formula is C9H14F6O. The van der Waals surface area contributed by atoms with Gasteiger partial charge in [-0.1, -0.05) is 13.8 Å². The van der Waals surface area contributed by atoms with Crippen molar-refractivity contribution in [2.75, 3.05) is 6.61 Å². The molecule has 0 saturated heterocycles. The van der Waals surface area contributed by atoms with E-state index in [2.05, 4.69) is 0 Å². The summed E-state index contributed by atoms with van der Waals surface area (Å²) >= 11 is 0. The minimum Gasteiger partial charge on any atom is -0.396 e. The van der Waals surface area contributed by atoms with E-state index in [1.807, 2.05) is 0 Å². The summed E-state index contributed by atoms with van der Waals surface area (Å²) in [5.41, 5.74) is -3.69. The number of hydrogen-bond acceptors (Lipinski definition) is 1. The van der Waals surface area contributed by atoms with Gasteiger partial charge in [-0.25, -0.2) is 4.39 Å². The molecule has 0 aliphatic carbocycles. The van der Waals surface area contributed by atoms with E-state index < -0.39 is 43.1 Å². The van der Waals surface area contributed by atoms with Gasteiger partial charge in [0, 0.05) is 6.61 Å². The predicted octanol–water partition coefficient (Wildman–Crippen LogP) is 3.32. The molecule has 0 amide bonds. The smallest absolute Gasteiger partial charge is 0.396 e. The second-order valence-corrected chi connectivity index (χ2v) is 3.92. The van der Waals surface area contributed by atoms with Crippen molar-refractivity contribution in [2.24, 2.45) is 5.92 Å². The number of alkyl halides is 6. The van der Waals surface area contributed by atoms with Crippen molar-refractivity contribution in [1.29, 1.82) is 0 Å². The zero-order chi connectivity index (χ0) is 13.2. The SMILES string of the molecule is CC(C)C(F)(CCCO)C(F)(F)C(F)(F)F. The molecule has 1 N–H and O–H groups in total. The van der Waals surface area contributed by atoms with Crippen molar-refractivity contribution in [3.8, 4) is 0 Å². The monoisotopic (exact) mass is 252 g/mol. The summed E-state index contributed by atoms with van der Waals surface area (Å²) in [6.07, 6.45) is -7.41. The van der Waals surface area contributed by atoms with Gasteiger partial charge in [-0.2, -0.15) is 22.0 Å². The van der Waals surface area contributed by atoms with E-state index in [1.54, 1.807) is 0 Å². The zero-order valence-electron chi connectivity index (χ0n) is 8.91. The molecule has 0 aromatic carbocycles. The van der Waals surface area contributed by atoms with Crippen LogP contribution in [0.5, 0.6) is 0 Å². The number of rotatable bonds is 5. The van der Waals surface area contributed by atoms with Crippen LogP contribution in [0.25, 0.3) is 0 Å². The third-order valence-electron chi connectivity index (χ3n) is 2.49. The average molecular weight is 252 g/mol. The van der Waals surface area contributed by atoms with Crippen molar-refractivity contribution in [3.63, 3.8) is 0 Å². The van der Waals surface area contributed by atoms with E-state index in [0.717, 1.165) is 13.8 Å². The minimum absolute atomic E-state index is 0.444. The topological polar surface area (TPSA) is 20.2 Å². The third kappa shape index (κ3) is 2.61. The molecule has 0 aliphatic heterocycles. The summed E-state index contributed by atoms with van der Waals surface area (Å²) in [7, 11) is 0. The number of hydrogen-bond donors (Lipinski definition) is 1. The van der Waals surface area contributed by atoms with Crippen molar-refractivity contribution in [3.05, 3.63) is 0 Å². The van der Waals surface area contributed by atoms with Gasteiger partial charge in [0.2, 0.25) is 0 Å².